The number of nitrogens with two attached hydrogens (primary N) is 1. The van der Waals surface area contributed by atoms with Crippen LogP contribution in [0.4, 0.5) is 14.6 Å². The summed E-state index contributed by atoms with van der Waals surface area (Å²) in [6.07, 6.45) is 0. The van der Waals surface area contributed by atoms with E-state index in [2.05, 4.69) is 19.9 Å². The minimum absolute atomic E-state index is 0.108. The third kappa shape index (κ3) is 3.00. The van der Waals surface area contributed by atoms with E-state index in [1.54, 1.807) is 6.92 Å². The van der Waals surface area contributed by atoms with Crippen molar-refractivity contribution in [3.8, 4) is 0 Å². The molecular formula is C14H11F2N5OS. The van der Waals surface area contributed by atoms with E-state index in [0.29, 0.717) is 5.52 Å². The zero-order valence-electron chi connectivity index (χ0n) is 11.9. The van der Waals surface area contributed by atoms with Crippen molar-refractivity contribution in [2.24, 2.45) is 0 Å². The molecule has 2 heterocycles. The maximum absolute atomic E-state index is 13.6. The summed E-state index contributed by atoms with van der Waals surface area (Å²) >= 11 is 1.08. The summed E-state index contributed by atoms with van der Waals surface area (Å²) in [4.78, 5) is 26.4. The molecule has 0 radical (unpaired) electrons. The molecule has 1 aromatic carbocycles. The van der Waals surface area contributed by atoms with Crippen LogP contribution >= 0.6 is 11.8 Å². The Bertz CT molecular complexity index is 960. The lowest BCUT2D eigenvalue weighted by molar-refractivity contribution is 0.502. The Morgan fingerprint density at radius 1 is 1.26 bits per heavy atom. The van der Waals surface area contributed by atoms with Gasteiger partial charge >= 0.3 is 0 Å². The van der Waals surface area contributed by atoms with Gasteiger partial charge in [-0.2, -0.15) is 0 Å². The van der Waals surface area contributed by atoms with E-state index in [1.807, 2.05) is 0 Å². The molecule has 0 saturated heterocycles. The van der Waals surface area contributed by atoms with Gasteiger partial charge in [0.2, 0.25) is 0 Å². The second-order valence-electron chi connectivity index (χ2n) is 4.74. The van der Waals surface area contributed by atoms with Gasteiger partial charge in [-0.25, -0.2) is 23.7 Å². The number of thioether (sulfide) groups is 1. The number of nitrogen functional groups attached to an aromatic ring is 1. The van der Waals surface area contributed by atoms with Crippen molar-refractivity contribution in [2.75, 3.05) is 5.73 Å². The maximum atomic E-state index is 13.6. The van der Waals surface area contributed by atoms with Crippen LogP contribution in [0.1, 0.15) is 11.3 Å². The van der Waals surface area contributed by atoms with E-state index in [4.69, 9.17) is 5.73 Å². The topological polar surface area (TPSA) is 97.5 Å². The fourth-order valence-electron chi connectivity index (χ4n) is 1.93. The van der Waals surface area contributed by atoms with Crippen LogP contribution in [0.5, 0.6) is 0 Å². The van der Waals surface area contributed by atoms with Crippen molar-refractivity contribution in [3.05, 3.63) is 51.4 Å². The molecule has 0 aliphatic carbocycles. The summed E-state index contributed by atoms with van der Waals surface area (Å²) in [6, 6.07) is 3.95. The highest BCUT2D eigenvalue weighted by molar-refractivity contribution is 7.98. The summed E-state index contributed by atoms with van der Waals surface area (Å²) in [7, 11) is 0. The normalized spacial score (nSPS) is 11.1. The molecule has 0 atom stereocenters. The van der Waals surface area contributed by atoms with Gasteiger partial charge in [0, 0.05) is 11.3 Å². The first-order valence-corrected chi connectivity index (χ1v) is 7.54. The third-order valence-corrected chi connectivity index (χ3v) is 4.01. The molecule has 0 bridgehead atoms. The smallest absolute Gasteiger partial charge is 0.270 e. The van der Waals surface area contributed by atoms with Crippen molar-refractivity contribution in [3.63, 3.8) is 0 Å². The van der Waals surface area contributed by atoms with Crippen molar-refractivity contribution in [2.45, 2.75) is 17.8 Å². The zero-order valence-corrected chi connectivity index (χ0v) is 12.7. The molecule has 9 heteroatoms. The molecule has 0 spiro atoms. The number of benzene rings is 1. The summed E-state index contributed by atoms with van der Waals surface area (Å²) in [5.74, 6) is -1.58. The number of hydrogen-bond donors (Lipinski definition) is 2. The largest absolute Gasteiger partial charge is 0.382 e. The Balaban J connectivity index is 1.93. The predicted octanol–water partition coefficient (Wildman–Crippen LogP) is 2.17. The number of aryl methyl sites for hydroxylation is 1. The number of nitrogens with zero attached hydrogens (tertiary/aromatic N) is 3. The van der Waals surface area contributed by atoms with Gasteiger partial charge in [-0.05, 0) is 13.0 Å². The highest BCUT2D eigenvalue weighted by Crippen LogP contribution is 2.24. The van der Waals surface area contributed by atoms with Crippen LogP contribution in [0, 0.1) is 18.6 Å². The highest BCUT2D eigenvalue weighted by atomic mass is 32.2. The number of H-pyrrole nitrogens is 1. The maximum Gasteiger partial charge on any atom is 0.270 e. The first kappa shape index (κ1) is 15.3. The number of anilines is 1. The minimum atomic E-state index is -0.911. The van der Waals surface area contributed by atoms with Gasteiger partial charge in [-0.15, -0.1) is 0 Å². The molecular weight excluding hydrogens is 324 g/mol. The lowest BCUT2D eigenvalue weighted by atomic mass is 10.2. The summed E-state index contributed by atoms with van der Waals surface area (Å²) in [6.45, 7) is 1.55. The van der Waals surface area contributed by atoms with E-state index in [0.717, 1.165) is 17.8 Å². The first-order chi connectivity index (χ1) is 11.0. The Labute approximate surface area is 133 Å². The van der Waals surface area contributed by atoms with Gasteiger partial charge in [-0.1, -0.05) is 23.9 Å². The van der Waals surface area contributed by atoms with Crippen molar-refractivity contribution in [1.82, 2.24) is 19.9 Å². The van der Waals surface area contributed by atoms with Crippen LogP contribution in [-0.4, -0.2) is 19.9 Å². The monoisotopic (exact) mass is 335 g/mol. The number of aromatic amines is 1. The van der Waals surface area contributed by atoms with Crippen LogP contribution in [-0.2, 0) is 5.75 Å². The minimum Gasteiger partial charge on any atom is -0.382 e. The Hall–Kier alpha value is -2.55. The average Bonchev–Trinajstić information content (AvgIpc) is 2.51. The van der Waals surface area contributed by atoms with Crippen LogP contribution < -0.4 is 11.3 Å². The first-order valence-electron chi connectivity index (χ1n) is 6.55. The molecule has 0 fully saturated rings. The SMILES string of the molecule is Cc1nc2c(N)nc(SCc3cccc(F)c3F)nc2[nH]c1=O. The second kappa shape index (κ2) is 5.92. The van der Waals surface area contributed by atoms with Gasteiger partial charge in [0.05, 0.1) is 0 Å². The fraction of sp³-hybridized carbons (Fsp3) is 0.143. The summed E-state index contributed by atoms with van der Waals surface area (Å²) in [5, 5.41) is 0.236. The molecule has 118 valence electrons. The third-order valence-electron chi connectivity index (χ3n) is 3.12. The molecule has 0 unspecified atom stereocenters. The lowest BCUT2D eigenvalue weighted by Crippen LogP contribution is -2.14. The van der Waals surface area contributed by atoms with Crippen molar-refractivity contribution >= 4 is 28.7 Å². The van der Waals surface area contributed by atoms with Gasteiger partial charge in [-0.3, -0.25) is 4.79 Å². The van der Waals surface area contributed by atoms with Crippen molar-refractivity contribution in [1.29, 1.82) is 0 Å². The molecule has 3 aromatic rings. The van der Waals surface area contributed by atoms with Crippen LogP contribution in [0.2, 0.25) is 0 Å². The quantitative estimate of drug-likeness (QED) is 0.562. The molecule has 0 aliphatic rings. The highest BCUT2D eigenvalue weighted by Gasteiger charge is 2.12. The number of aromatic nitrogens is 4. The van der Waals surface area contributed by atoms with Crippen LogP contribution in [0.15, 0.2) is 28.2 Å². The van der Waals surface area contributed by atoms with Crippen molar-refractivity contribution < 1.29 is 8.78 Å². The zero-order chi connectivity index (χ0) is 16.6. The average molecular weight is 335 g/mol. The Morgan fingerprint density at radius 2 is 2.04 bits per heavy atom. The number of hydrogen-bond acceptors (Lipinski definition) is 6. The van der Waals surface area contributed by atoms with E-state index in [-0.39, 0.29) is 39.2 Å². The Morgan fingerprint density at radius 3 is 2.83 bits per heavy atom. The standard InChI is InChI=1S/C14H11F2N5OS/c1-6-13(22)20-12-10(18-6)11(17)19-14(21-12)23-5-7-3-2-4-8(15)9(7)16/h2-4H,5H2,1H3,(H3,17,19,20,21,22). The molecule has 3 rings (SSSR count). The molecule has 3 N–H and O–H groups in total. The Kier molecular flexibility index (Phi) is 3.95. The number of nitrogens with one attached hydrogen (secondary N) is 1. The van der Waals surface area contributed by atoms with Gasteiger partial charge in [0.15, 0.2) is 28.3 Å². The molecule has 0 saturated carbocycles. The van der Waals surface area contributed by atoms with E-state index in [1.165, 1.54) is 12.1 Å². The second-order valence-corrected chi connectivity index (χ2v) is 5.68. The molecule has 6 nitrogen and oxygen atoms in total. The lowest BCUT2D eigenvalue weighted by Gasteiger charge is -2.06. The number of rotatable bonds is 3. The van der Waals surface area contributed by atoms with Gasteiger partial charge in [0.25, 0.3) is 5.56 Å². The summed E-state index contributed by atoms with van der Waals surface area (Å²) < 4.78 is 26.8. The number of fused-ring (bicyclic) bond motifs is 1. The summed E-state index contributed by atoms with van der Waals surface area (Å²) in [5.41, 5.74) is 6.39. The molecule has 23 heavy (non-hydrogen) atoms. The van der Waals surface area contributed by atoms with Crippen LogP contribution in [0.25, 0.3) is 11.2 Å². The predicted molar refractivity (Wildman–Crippen MR) is 83.0 cm³/mol. The number of halogens is 2. The fourth-order valence-corrected chi connectivity index (χ4v) is 2.76. The van der Waals surface area contributed by atoms with E-state index in [9.17, 15) is 13.6 Å². The van der Waals surface area contributed by atoms with Gasteiger partial charge in [0.1, 0.15) is 11.2 Å². The van der Waals surface area contributed by atoms with E-state index >= 15 is 0 Å². The molecule has 2 aromatic heterocycles. The van der Waals surface area contributed by atoms with E-state index < -0.39 is 11.6 Å². The molecule has 0 amide bonds. The molecule has 0 aliphatic heterocycles. The van der Waals surface area contributed by atoms with Gasteiger partial charge < -0.3 is 10.7 Å². The van der Waals surface area contributed by atoms with Crippen LogP contribution in [0.3, 0.4) is 0 Å².